The van der Waals surface area contributed by atoms with Gasteiger partial charge in [-0.15, -0.1) is 0 Å². The summed E-state index contributed by atoms with van der Waals surface area (Å²) in [5.41, 5.74) is 2.03. The number of carbonyl (C=O) groups excluding carboxylic acids is 1. The highest BCUT2D eigenvalue weighted by Crippen LogP contribution is 2.38. The number of rotatable bonds is 7. The standard InChI is InChI=1S/C20H24ClN3O3/c1-24(16-6-3-2-4-7-16)9-5-8-22-20(25)23-14-15-12-17(21)19-18(13-15)26-10-11-27-19/h2-4,6-7,12-13H,5,8-11,14H2,1H3,(H2,22,23,25). The molecule has 0 saturated carbocycles. The predicted octanol–water partition coefficient (Wildman–Crippen LogP) is 3.44. The molecule has 0 unspecified atom stereocenters. The van der Waals surface area contributed by atoms with Gasteiger partial charge in [0, 0.05) is 32.4 Å². The number of ether oxygens (including phenoxy) is 2. The Kier molecular flexibility index (Phi) is 6.65. The molecule has 1 aliphatic rings. The number of urea groups is 1. The summed E-state index contributed by atoms with van der Waals surface area (Å²) >= 11 is 6.21. The molecule has 0 aromatic heterocycles. The second kappa shape index (κ2) is 9.37. The van der Waals surface area contributed by atoms with Gasteiger partial charge in [0.05, 0.1) is 5.02 Å². The number of fused-ring (bicyclic) bond motifs is 1. The number of carbonyl (C=O) groups is 1. The third-order valence-electron chi connectivity index (χ3n) is 4.26. The van der Waals surface area contributed by atoms with Crippen molar-refractivity contribution in [1.82, 2.24) is 10.6 Å². The summed E-state index contributed by atoms with van der Waals surface area (Å²) < 4.78 is 11.0. The van der Waals surface area contributed by atoms with Gasteiger partial charge in [0.15, 0.2) is 11.5 Å². The predicted molar refractivity (Wildman–Crippen MR) is 107 cm³/mol. The zero-order valence-corrected chi connectivity index (χ0v) is 16.1. The molecule has 0 atom stereocenters. The first-order chi connectivity index (χ1) is 13.1. The van der Waals surface area contributed by atoms with E-state index in [0.29, 0.717) is 42.8 Å². The lowest BCUT2D eigenvalue weighted by Gasteiger charge is -2.20. The molecule has 2 N–H and O–H groups in total. The molecular formula is C20H24ClN3O3. The third-order valence-corrected chi connectivity index (χ3v) is 4.54. The molecule has 1 heterocycles. The van der Waals surface area contributed by atoms with E-state index in [1.54, 1.807) is 6.07 Å². The van der Waals surface area contributed by atoms with Crippen LogP contribution in [0.25, 0.3) is 0 Å². The van der Waals surface area contributed by atoms with Crippen molar-refractivity contribution in [2.24, 2.45) is 0 Å². The van der Waals surface area contributed by atoms with Gasteiger partial charge in [-0.2, -0.15) is 0 Å². The van der Waals surface area contributed by atoms with Crippen molar-refractivity contribution in [2.75, 3.05) is 38.3 Å². The molecule has 3 rings (SSSR count). The highest BCUT2D eigenvalue weighted by molar-refractivity contribution is 6.32. The van der Waals surface area contributed by atoms with Gasteiger partial charge in [0.25, 0.3) is 0 Å². The maximum absolute atomic E-state index is 12.0. The van der Waals surface area contributed by atoms with E-state index >= 15 is 0 Å². The van der Waals surface area contributed by atoms with E-state index in [-0.39, 0.29) is 6.03 Å². The van der Waals surface area contributed by atoms with Gasteiger partial charge in [0.1, 0.15) is 13.2 Å². The number of para-hydroxylation sites is 1. The van der Waals surface area contributed by atoms with Crippen LogP contribution in [0.1, 0.15) is 12.0 Å². The Morgan fingerprint density at radius 1 is 1.15 bits per heavy atom. The summed E-state index contributed by atoms with van der Waals surface area (Å²) in [5, 5.41) is 6.20. The fourth-order valence-electron chi connectivity index (χ4n) is 2.84. The Bertz CT molecular complexity index is 771. The maximum atomic E-state index is 12.0. The molecule has 0 saturated heterocycles. The smallest absolute Gasteiger partial charge is 0.315 e. The minimum atomic E-state index is -0.205. The number of anilines is 1. The van der Waals surface area contributed by atoms with E-state index < -0.39 is 0 Å². The van der Waals surface area contributed by atoms with Crippen molar-refractivity contribution in [2.45, 2.75) is 13.0 Å². The van der Waals surface area contributed by atoms with E-state index in [4.69, 9.17) is 21.1 Å². The first-order valence-electron chi connectivity index (χ1n) is 8.99. The molecule has 2 amide bonds. The highest BCUT2D eigenvalue weighted by atomic mass is 35.5. The third kappa shape index (κ3) is 5.44. The van der Waals surface area contributed by atoms with E-state index in [0.717, 1.165) is 24.2 Å². The second-order valence-electron chi connectivity index (χ2n) is 6.32. The average molecular weight is 390 g/mol. The van der Waals surface area contributed by atoms with Gasteiger partial charge < -0.3 is 25.0 Å². The average Bonchev–Trinajstić information content (AvgIpc) is 2.70. The Balaban J connectivity index is 1.38. The summed E-state index contributed by atoms with van der Waals surface area (Å²) in [7, 11) is 2.04. The quantitative estimate of drug-likeness (QED) is 0.712. The SMILES string of the molecule is CN(CCCNC(=O)NCc1cc(Cl)c2c(c1)OCCO2)c1ccccc1. The molecule has 0 spiro atoms. The van der Waals surface area contributed by atoms with Crippen LogP contribution in [0, 0.1) is 0 Å². The normalized spacial score (nSPS) is 12.4. The molecule has 0 aliphatic carbocycles. The Morgan fingerprint density at radius 2 is 1.93 bits per heavy atom. The maximum Gasteiger partial charge on any atom is 0.315 e. The number of nitrogens with zero attached hydrogens (tertiary/aromatic N) is 1. The zero-order chi connectivity index (χ0) is 19.1. The number of nitrogens with one attached hydrogen (secondary N) is 2. The zero-order valence-electron chi connectivity index (χ0n) is 15.3. The Morgan fingerprint density at radius 3 is 2.74 bits per heavy atom. The topological polar surface area (TPSA) is 62.8 Å². The summed E-state index contributed by atoms with van der Waals surface area (Å²) in [4.78, 5) is 14.1. The lowest BCUT2D eigenvalue weighted by molar-refractivity contribution is 0.171. The Hall–Kier alpha value is -2.60. The van der Waals surface area contributed by atoms with Crippen LogP contribution in [-0.4, -0.2) is 39.4 Å². The van der Waals surface area contributed by atoms with Crippen molar-refractivity contribution in [1.29, 1.82) is 0 Å². The van der Waals surface area contributed by atoms with Crippen LogP contribution in [0.2, 0.25) is 5.02 Å². The number of amides is 2. The van der Waals surface area contributed by atoms with E-state index in [1.807, 2.05) is 31.3 Å². The number of halogens is 1. The molecule has 7 heteroatoms. The van der Waals surface area contributed by atoms with Crippen LogP contribution in [0.15, 0.2) is 42.5 Å². The minimum absolute atomic E-state index is 0.205. The van der Waals surface area contributed by atoms with Crippen LogP contribution in [-0.2, 0) is 6.54 Å². The van der Waals surface area contributed by atoms with Gasteiger partial charge >= 0.3 is 6.03 Å². The molecule has 144 valence electrons. The molecule has 1 aliphatic heterocycles. The minimum Gasteiger partial charge on any atom is -0.486 e. The fourth-order valence-corrected chi connectivity index (χ4v) is 3.13. The second-order valence-corrected chi connectivity index (χ2v) is 6.73. The molecule has 27 heavy (non-hydrogen) atoms. The number of benzene rings is 2. The summed E-state index contributed by atoms with van der Waals surface area (Å²) in [6.07, 6.45) is 0.856. The fraction of sp³-hybridized carbons (Fsp3) is 0.350. The lowest BCUT2D eigenvalue weighted by atomic mass is 10.2. The molecular weight excluding hydrogens is 366 g/mol. The van der Waals surface area contributed by atoms with E-state index in [2.05, 4.69) is 27.7 Å². The lowest BCUT2D eigenvalue weighted by Crippen LogP contribution is -2.36. The largest absolute Gasteiger partial charge is 0.486 e. The van der Waals surface area contributed by atoms with Crippen molar-refractivity contribution in [3.8, 4) is 11.5 Å². The molecule has 2 aromatic rings. The number of hydrogen-bond donors (Lipinski definition) is 2. The van der Waals surface area contributed by atoms with Crippen LogP contribution in [0.5, 0.6) is 11.5 Å². The van der Waals surface area contributed by atoms with E-state index in [9.17, 15) is 4.79 Å². The first-order valence-corrected chi connectivity index (χ1v) is 9.37. The number of hydrogen-bond acceptors (Lipinski definition) is 4. The van der Waals surface area contributed by atoms with Crippen LogP contribution in [0.4, 0.5) is 10.5 Å². The van der Waals surface area contributed by atoms with Crippen LogP contribution in [0.3, 0.4) is 0 Å². The Labute approximate surface area is 164 Å². The van der Waals surface area contributed by atoms with E-state index in [1.165, 1.54) is 0 Å². The summed E-state index contributed by atoms with van der Waals surface area (Å²) in [5.74, 6) is 1.19. The van der Waals surface area contributed by atoms with Crippen molar-refractivity contribution in [3.05, 3.63) is 53.1 Å². The molecule has 0 radical (unpaired) electrons. The first kappa shape index (κ1) is 19.2. The highest BCUT2D eigenvalue weighted by Gasteiger charge is 2.16. The molecule has 2 aromatic carbocycles. The summed E-state index contributed by atoms with van der Waals surface area (Å²) in [6.45, 7) is 2.82. The summed E-state index contributed by atoms with van der Waals surface area (Å²) in [6, 6.07) is 13.6. The van der Waals surface area contributed by atoms with Gasteiger partial charge in [-0.3, -0.25) is 0 Å². The van der Waals surface area contributed by atoms with Gasteiger partial charge in [-0.05, 0) is 36.2 Å². The molecule has 0 bridgehead atoms. The van der Waals surface area contributed by atoms with Crippen LogP contribution < -0.4 is 25.0 Å². The van der Waals surface area contributed by atoms with Gasteiger partial charge in [0.2, 0.25) is 0 Å². The molecule has 6 nitrogen and oxygen atoms in total. The van der Waals surface area contributed by atoms with Gasteiger partial charge in [-0.1, -0.05) is 29.8 Å². The van der Waals surface area contributed by atoms with Crippen molar-refractivity contribution >= 4 is 23.3 Å². The van der Waals surface area contributed by atoms with Crippen LogP contribution >= 0.6 is 11.6 Å². The van der Waals surface area contributed by atoms with Gasteiger partial charge in [-0.25, -0.2) is 4.79 Å². The molecule has 0 fully saturated rings. The van der Waals surface area contributed by atoms with Crippen molar-refractivity contribution in [3.63, 3.8) is 0 Å². The van der Waals surface area contributed by atoms with Crippen molar-refractivity contribution < 1.29 is 14.3 Å². The monoisotopic (exact) mass is 389 g/mol.